The lowest BCUT2D eigenvalue weighted by Gasteiger charge is -2.34. The van der Waals surface area contributed by atoms with Crippen LogP contribution in [-0.2, 0) is 0 Å². The van der Waals surface area contributed by atoms with Gasteiger partial charge in [0, 0.05) is 0 Å². The van der Waals surface area contributed by atoms with Crippen LogP contribution in [0.3, 0.4) is 0 Å². The van der Waals surface area contributed by atoms with Crippen molar-refractivity contribution >= 4 is 0 Å². The van der Waals surface area contributed by atoms with Gasteiger partial charge in [0.05, 0.1) is 26.2 Å². The van der Waals surface area contributed by atoms with E-state index in [1.165, 1.54) is 37.0 Å². The number of rotatable bonds is 4. The van der Waals surface area contributed by atoms with E-state index in [1.54, 1.807) is 0 Å². The summed E-state index contributed by atoms with van der Waals surface area (Å²) in [6.07, 6.45) is 1.28. The normalized spacial score (nSPS) is 10.6. The highest BCUT2D eigenvalue weighted by atomic mass is 15.5. The molecule has 0 saturated carbocycles. The van der Waals surface area contributed by atoms with Gasteiger partial charge in [-0.25, -0.2) is 0 Å². The molecule has 0 aromatic carbocycles. The highest BCUT2D eigenvalue weighted by Gasteiger charge is 2.16. The van der Waals surface area contributed by atoms with Crippen LogP contribution in [-0.4, -0.2) is 46.2 Å². The van der Waals surface area contributed by atoms with Gasteiger partial charge < -0.3 is 9.58 Å². The van der Waals surface area contributed by atoms with E-state index in [2.05, 4.69) is 48.3 Å². The van der Waals surface area contributed by atoms with Crippen LogP contribution in [0.4, 0.5) is 0 Å². The van der Waals surface area contributed by atoms with Gasteiger partial charge >= 0.3 is 0 Å². The third kappa shape index (κ3) is 4.32. The van der Waals surface area contributed by atoms with Gasteiger partial charge in [-0.2, -0.15) is 5.21 Å². The topological polar surface area (TPSA) is 52.8 Å². The number of tetrazole rings is 1. The van der Waals surface area contributed by atoms with Crippen molar-refractivity contribution in [2.24, 2.45) is 0 Å². The summed E-state index contributed by atoms with van der Waals surface area (Å²) in [4.78, 5) is 0. The minimum absolute atomic E-state index is 1.28. The summed E-state index contributed by atoms with van der Waals surface area (Å²) >= 11 is 0. The first kappa shape index (κ1) is 13.0. The molecule has 5 heteroatoms. The molecule has 14 heavy (non-hydrogen) atoms. The smallest absolute Gasteiger partial charge is 0.0757 e. The molecular weight excluding hydrogens is 178 g/mol. The van der Waals surface area contributed by atoms with Gasteiger partial charge in [-0.1, -0.05) is 0 Å². The number of hydrogen-bond acceptors (Lipinski definition) is 3. The molecule has 1 aromatic heterocycles. The van der Waals surface area contributed by atoms with E-state index in [9.17, 15) is 0 Å². The maximum Gasteiger partial charge on any atom is 0.0757 e. The van der Waals surface area contributed by atoms with Crippen LogP contribution in [0.25, 0.3) is 0 Å². The van der Waals surface area contributed by atoms with Crippen molar-refractivity contribution in [3.63, 3.8) is 0 Å². The third-order valence-electron chi connectivity index (χ3n) is 2.93. The first-order chi connectivity index (χ1) is 6.74. The van der Waals surface area contributed by atoms with Crippen LogP contribution in [0.1, 0.15) is 27.7 Å². The molecule has 0 atom stereocenters. The maximum atomic E-state index is 3.25. The molecule has 0 radical (unpaired) electrons. The van der Waals surface area contributed by atoms with Gasteiger partial charge in [0.15, 0.2) is 0 Å². The average molecular weight is 199 g/mol. The molecular formula is C9H21N5. The number of aromatic nitrogens is 4. The molecule has 0 aliphatic rings. The van der Waals surface area contributed by atoms with Gasteiger partial charge in [0.1, 0.15) is 0 Å². The lowest BCUT2D eigenvalue weighted by atomic mass is 10.3. The molecule has 82 valence electrons. The predicted octanol–water partition coefficient (Wildman–Crippen LogP) is 0.712. The van der Waals surface area contributed by atoms with Crippen LogP contribution in [0.15, 0.2) is 6.33 Å². The van der Waals surface area contributed by atoms with Gasteiger partial charge in [-0.05, 0) is 34.0 Å². The number of hydrogen-bond donors (Lipinski definition) is 0. The van der Waals surface area contributed by atoms with Crippen LogP contribution in [0.2, 0.25) is 0 Å². The Bertz CT molecular complexity index is 158. The molecule has 0 N–H and O–H groups in total. The van der Waals surface area contributed by atoms with E-state index in [0.717, 1.165) is 0 Å². The van der Waals surface area contributed by atoms with Crippen molar-refractivity contribution in [1.82, 2.24) is 20.6 Å². The molecule has 0 amide bonds. The fourth-order valence-corrected chi connectivity index (χ4v) is 1.46. The molecule has 1 heterocycles. The molecule has 5 nitrogen and oxygen atoms in total. The summed E-state index contributed by atoms with van der Waals surface area (Å²) in [5, 5.41) is 12.7. The van der Waals surface area contributed by atoms with E-state index in [1.807, 2.05) is 0 Å². The van der Waals surface area contributed by atoms with Crippen molar-refractivity contribution < 1.29 is 4.48 Å². The lowest BCUT2D eigenvalue weighted by molar-refractivity contribution is -0.921. The Labute approximate surface area is 86.1 Å². The molecule has 0 spiro atoms. The van der Waals surface area contributed by atoms with Crippen molar-refractivity contribution in [3.8, 4) is 0 Å². The third-order valence-corrected chi connectivity index (χ3v) is 2.93. The number of nitrogens with zero attached hydrogens (tertiary/aromatic N) is 5. The molecule has 0 bridgehead atoms. The van der Waals surface area contributed by atoms with Gasteiger partial charge in [-0.3, -0.25) is 10.3 Å². The molecule has 1 aromatic rings. The number of quaternary nitrogens is 1. The second-order valence-electron chi connectivity index (χ2n) is 3.13. The minimum Gasteiger partial charge on any atom is -0.339 e. The average Bonchev–Trinajstić information content (AvgIpc) is 2.80. The second kappa shape index (κ2) is 7.44. The van der Waals surface area contributed by atoms with E-state index >= 15 is 0 Å². The molecule has 0 saturated heterocycles. The standard InChI is InChI=1S/C8H20N.CHN4/c1-5-9(6-2,7-3)8-4;1-2-4-5-3-1/h5-8H2,1-4H3;1H/q+1;-1. The summed E-state index contributed by atoms with van der Waals surface area (Å²) < 4.78 is 1.28. The Morgan fingerprint density at radius 1 is 1.00 bits per heavy atom. The molecule has 0 aliphatic heterocycles. The first-order valence-electron chi connectivity index (χ1n) is 5.21. The molecule has 0 aliphatic carbocycles. The second-order valence-corrected chi connectivity index (χ2v) is 3.13. The highest BCUT2D eigenvalue weighted by Crippen LogP contribution is 2.03. The van der Waals surface area contributed by atoms with Gasteiger partial charge in [0.25, 0.3) is 0 Å². The van der Waals surface area contributed by atoms with Crippen molar-refractivity contribution in [2.45, 2.75) is 27.7 Å². The highest BCUT2D eigenvalue weighted by molar-refractivity contribution is 4.31. The van der Waals surface area contributed by atoms with Crippen LogP contribution < -0.4 is 5.10 Å². The largest absolute Gasteiger partial charge is 0.339 e. The Hall–Kier alpha value is -0.970. The zero-order valence-corrected chi connectivity index (χ0v) is 9.64. The van der Waals surface area contributed by atoms with Gasteiger partial charge in [0.2, 0.25) is 0 Å². The zero-order valence-electron chi connectivity index (χ0n) is 9.64. The molecule has 1 rings (SSSR count). The van der Waals surface area contributed by atoms with Crippen LogP contribution in [0.5, 0.6) is 0 Å². The quantitative estimate of drug-likeness (QED) is 0.670. The molecule has 0 fully saturated rings. The Morgan fingerprint density at radius 3 is 1.57 bits per heavy atom. The summed E-state index contributed by atoms with van der Waals surface area (Å²) in [7, 11) is 0. The van der Waals surface area contributed by atoms with E-state index in [4.69, 9.17) is 0 Å². The van der Waals surface area contributed by atoms with Crippen molar-refractivity contribution in [3.05, 3.63) is 6.33 Å². The van der Waals surface area contributed by atoms with E-state index < -0.39 is 0 Å². The minimum atomic E-state index is 1.28. The van der Waals surface area contributed by atoms with Gasteiger partial charge in [-0.15, -0.1) is 0 Å². The Morgan fingerprint density at radius 2 is 1.50 bits per heavy atom. The van der Waals surface area contributed by atoms with Crippen LogP contribution in [0, 0.1) is 0 Å². The van der Waals surface area contributed by atoms with E-state index in [0.29, 0.717) is 0 Å². The Balaban J connectivity index is 0.000000280. The summed E-state index contributed by atoms with van der Waals surface area (Å²) in [5.41, 5.74) is 0. The van der Waals surface area contributed by atoms with Crippen molar-refractivity contribution in [1.29, 1.82) is 0 Å². The molecule has 0 unspecified atom stereocenters. The fourth-order valence-electron chi connectivity index (χ4n) is 1.46. The monoisotopic (exact) mass is 199 g/mol. The van der Waals surface area contributed by atoms with Crippen molar-refractivity contribution in [2.75, 3.05) is 26.2 Å². The zero-order chi connectivity index (χ0) is 10.9. The SMILES string of the molecule is CC[N+](CC)(CC)CC.c1nnn[n-]1. The predicted molar refractivity (Wildman–Crippen MR) is 55.6 cm³/mol. The maximum absolute atomic E-state index is 3.25. The summed E-state index contributed by atoms with van der Waals surface area (Å²) in [5.74, 6) is 0. The fraction of sp³-hybridized carbons (Fsp3) is 0.889. The first-order valence-corrected chi connectivity index (χ1v) is 5.21. The van der Waals surface area contributed by atoms with E-state index in [-0.39, 0.29) is 0 Å². The summed E-state index contributed by atoms with van der Waals surface area (Å²) in [6.45, 7) is 14.2. The lowest BCUT2D eigenvalue weighted by Crippen LogP contribution is -2.47. The Kier molecular flexibility index (Phi) is 6.92. The summed E-state index contributed by atoms with van der Waals surface area (Å²) in [6, 6.07) is 0. The van der Waals surface area contributed by atoms with Crippen LogP contribution >= 0.6 is 0 Å².